The molecule has 1 saturated heterocycles. The molecule has 1 amide bonds. The van der Waals surface area contributed by atoms with Gasteiger partial charge in [-0.1, -0.05) is 0 Å². The predicted octanol–water partition coefficient (Wildman–Crippen LogP) is 0.150. The topological polar surface area (TPSA) is 58.6 Å². The van der Waals surface area contributed by atoms with Crippen LogP contribution in [0.2, 0.25) is 0 Å². The molecule has 1 N–H and O–H groups in total. The largest absolute Gasteiger partial charge is 0.466 e. The molecule has 5 nitrogen and oxygen atoms in total. The van der Waals surface area contributed by atoms with E-state index in [-0.39, 0.29) is 18.4 Å². The molecule has 0 aromatic heterocycles. The van der Waals surface area contributed by atoms with Crippen LogP contribution in [0.3, 0.4) is 0 Å². The van der Waals surface area contributed by atoms with Crippen LogP contribution in [-0.2, 0) is 14.3 Å². The average molecular weight is 228 g/mol. The number of rotatable bonds is 4. The number of hydrogen-bond acceptors (Lipinski definition) is 4. The van der Waals surface area contributed by atoms with Gasteiger partial charge in [-0.2, -0.15) is 0 Å². The van der Waals surface area contributed by atoms with E-state index in [1.807, 2.05) is 0 Å². The van der Waals surface area contributed by atoms with Crippen molar-refractivity contribution >= 4 is 11.9 Å². The summed E-state index contributed by atoms with van der Waals surface area (Å²) in [5, 5.41) is 2.86. The van der Waals surface area contributed by atoms with Crippen molar-refractivity contribution in [2.75, 3.05) is 26.7 Å². The van der Waals surface area contributed by atoms with Gasteiger partial charge in [-0.15, -0.1) is 0 Å². The molecule has 1 rings (SSSR count). The number of hydrogen-bond donors (Lipinski definition) is 1. The second-order valence-electron chi connectivity index (χ2n) is 4.13. The number of amides is 1. The summed E-state index contributed by atoms with van der Waals surface area (Å²) in [6.07, 6.45) is 1.73. The fourth-order valence-electron chi connectivity index (χ4n) is 1.77. The minimum atomic E-state index is -0.451. The third kappa shape index (κ3) is 4.61. The van der Waals surface area contributed by atoms with Gasteiger partial charge >= 0.3 is 5.97 Å². The maximum atomic E-state index is 11.5. The summed E-state index contributed by atoms with van der Waals surface area (Å²) in [6.45, 7) is 4.03. The van der Waals surface area contributed by atoms with E-state index >= 15 is 0 Å². The molecule has 1 aliphatic rings. The van der Waals surface area contributed by atoms with E-state index < -0.39 is 5.97 Å². The summed E-state index contributed by atoms with van der Waals surface area (Å²) in [5.74, 6) is -0.680. The SMILES string of the molecule is CCOC(=O)CC(=O)NC1CCN(C)CC1. The lowest BCUT2D eigenvalue weighted by Gasteiger charge is -2.29. The van der Waals surface area contributed by atoms with E-state index in [9.17, 15) is 9.59 Å². The average Bonchev–Trinajstić information content (AvgIpc) is 2.21. The Labute approximate surface area is 96.1 Å². The van der Waals surface area contributed by atoms with E-state index in [2.05, 4.69) is 17.3 Å². The Bertz CT molecular complexity index is 248. The summed E-state index contributed by atoms with van der Waals surface area (Å²) in [7, 11) is 2.07. The Kier molecular flexibility index (Phi) is 5.25. The number of ether oxygens (including phenoxy) is 1. The van der Waals surface area contributed by atoms with Crippen LogP contribution in [0, 0.1) is 0 Å². The van der Waals surface area contributed by atoms with Crippen molar-refractivity contribution < 1.29 is 14.3 Å². The Morgan fingerprint density at radius 3 is 2.56 bits per heavy atom. The number of carbonyl (C=O) groups excluding carboxylic acids is 2. The molecule has 5 heteroatoms. The molecular weight excluding hydrogens is 208 g/mol. The van der Waals surface area contributed by atoms with Crippen molar-refractivity contribution in [1.82, 2.24) is 10.2 Å². The van der Waals surface area contributed by atoms with E-state index in [4.69, 9.17) is 4.74 Å². The van der Waals surface area contributed by atoms with Crippen LogP contribution >= 0.6 is 0 Å². The fraction of sp³-hybridized carbons (Fsp3) is 0.818. The summed E-state index contributed by atoms with van der Waals surface area (Å²) >= 11 is 0. The van der Waals surface area contributed by atoms with Crippen LogP contribution in [0.25, 0.3) is 0 Å². The smallest absolute Gasteiger partial charge is 0.315 e. The van der Waals surface area contributed by atoms with Gasteiger partial charge in [0.15, 0.2) is 0 Å². The standard InChI is InChI=1S/C11H20N2O3/c1-3-16-11(15)8-10(14)12-9-4-6-13(2)7-5-9/h9H,3-8H2,1-2H3,(H,12,14). The molecule has 16 heavy (non-hydrogen) atoms. The lowest BCUT2D eigenvalue weighted by atomic mass is 10.1. The van der Waals surface area contributed by atoms with Crippen molar-refractivity contribution in [3.63, 3.8) is 0 Å². The third-order valence-corrected chi connectivity index (χ3v) is 2.69. The predicted molar refractivity (Wildman–Crippen MR) is 59.9 cm³/mol. The van der Waals surface area contributed by atoms with Gasteiger partial charge in [-0.25, -0.2) is 0 Å². The minimum absolute atomic E-state index is 0.166. The maximum Gasteiger partial charge on any atom is 0.315 e. The van der Waals surface area contributed by atoms with Crippen LogP contribution in [0.1, 0.15) is 26.2 Å². The quantitative estimate of drug-likeness (QED) is 0.549. The molecule has 0 aromatic carbocycles. The number of carbonyl (C=O) groups is 2. The van der Waals surface area contributed by atoms with E-state index in [0.29, 0.717) is 6.61 Å². The first-order valence-corrected chi connectivity index (χ1v) is 5.75. The van der Waals surface area contributed by atoms with Gasteiger partial charge in [-0.05, 0) is 39.9 Å². The van der Waals surface area contributed by atoms with Gasteiger partial charge in [0.05, 0.1) is 6.61 Å². The molecule has 92 valence electrons. The third-order valence-electron chi connectivity index (χ3n) is 2.69. The van der Waals surface area contributed by atoms with Crippen LogP contribution in [0.5, 0.6) is 0 Å². The van der Waals surface area contributed by atoms with Crippen LogP contribution in [-0.4, -0.2) is 49.6 Å². The maximum absolute atomic E-state index is 11.5. The Morgan fingerprint density at radius 2 is 2.00 bits per heavy atom. The number of nitrogens with zero attached hydrogens (tertiary/aromatic N) is 1. The lowest BCUT2D eigenvalue weighted by Crippen LogP contribution is -2.43. The minimum Gasteiger partial charge on any atom is -0.466 e. The molecule has 0 aliphatic carbocycles. The monoisotopic (exact) mass is 228 g/mol. The molecule has 0 bridgehead atoms. The molecule has 0 aromatic rings. The normalized spacial score (nSPS) is 18.1. The second kappa shape index (κ2) is 6.48. The zero-order valence-electron chi connectivity index (χ0n) is 9.99. The van der Waals surface area contributed by atoms with Gasteiger partial charge in [0.25, 0.3) is 0 Å². The van der Waals surface area contributed by atoms with E-state index in [1.54, 1.807) is 6.92 Å². The fourth-order valence-corrected chi connectivity index (χ4v) is 1.77. The van der Waals surface area contributed by atoms with E-state index in [1.165, 1.54) is 0 Å². The van der Waals surface area contributed by atoms with Gasteiger partial charge in [0.2, 0.25) is 5.91 Å². The number of piperidine rings is 1. The zero-order valence-corrected chi connectivity index (χ0v) is 9.99. The highest BCUT2D eigenvalue weighted by molar-refractivity contribution is 5.94. The van der Waals surface area contributed by atoms with Crippen molar-refractivity contribution in [1.29, 1.82) is 0 Å². The van der Waals surface area contributed by atoms with Crippen LogP contribution in [0.4, 0.5) is 0 Å². The Morgan fingerprint density at radius 1 is 1.38 bits per heavy atom. The summed E-state index contributed by atoms with van der Waals surface area (Å²) in [4.78, 5) is 24.7. The van der Waals surface area contributed by atoms with Gasteiger partial charge < -0.3 is 15.0 Å². The first kappa shape index (κ1) is 13.0. The van der Waals surface area contributed by atoms with Gasteiger partial charge in [0, 0.05) is 6.04 Å². The molecule has 1 aliphatic heterocycles. The number of esters is 1. The first-order valence-electron chi connectivity index (χ1n) is 5.75. The first-order chi connectivity index (χ1) is 7.61. The van der Waals surface area contributed by atoms with Crippen molar-refractivity contribution in [3.05, 3.63) is 0 Å². The Hall–Kier alpha value is -1.10. The molecular formula is C11H20N2O3. The van der Waals surface area contributed by atoms with Crippen molar-refractivity contribution in [2.45, 2.75) is 32.2 Å². The summed E-state index contributed by atoms with van der Waals surface area (Å²) < 4.78 is 4.71. The highest BCUT2D eigenvalue weighted by Crippen LogP contribution is 2.08. The molecule has 0 atom stereocenters. The summed E-state index contributed by atoms with van der Waals surface area (Å²) in [6, 6.07) is 0.207. The molecule has 0 radical (unpaired) electrons. The van der Waals surface area contributed by atoms with Gasteiger partial charge in [0.1, 0.15) is 6.42 Å². The Balaban J connectivity index is 2.21. The zero-order chi connectivity index (χ0) is 12.0. The molecule has 1 heterocycles. The second-order valence-corrected chi connectivity index (χ2v) is 4.13. The lowest BCUT2D eigenvalue weighted by molar-refractivity contribution is -0.146. The van der Waals surface area contributed by atoms with Gasteiger partial charge in [-0.3, -0.25) is 9.59 Å². The number of nitrogens with one attached hydrogen (secondary N) is 1. The molecule has 0 spiro atoms. The highest BCUT2D eigenvalue weighted by Gasteiger charge is 2.19. The highest BCUT2D eigenvalue weighted by atomic mass is 16.5. The molecule has 0 saturated carbocycles. The van der Waals surface area contributed by atoms with Crippen LogP contribution < -0.4 is 5.32 Å². The van der Waals surface area contributed by atoms with Crippen LogP contribution in [0.15, 0.2) is 0 Å². The molecule has 0 unspecified atom stereocenters. The number of likely N-dealkylation sites (tertiary alicyclic amines) is 1. The summed E-state index contributed by atoms with van der Waals surface area (Å²) in [5.41, 5.74) is 0. The van der Waals surface area contributed by atoms with E-state index in [0.717, 1.165) is 25.9 Å². The van der Waals surface area contributed by atoms with Crippen molar-refractivity contribution in [3.8, 4) is 0 Å². The van der Waals surface area contributed by atoms with Crippen molar-refractivity contribution in [2.24, 2.45) is 0 Å². The molecule has 1 fully saturated rings.